The van der Waals surface area contributed by atoms with E-state index >= 15 is 0 Å². The van der Waals surface area contributed by atoms with E-state index in [0.29, 0.717) is 28.6 Å². The molecule has 2 rings (SSSR count). The molecule has 0 fully saturated rings. The third-order valence-electron chi connectivity index (χ3n) is 3.22. The van der Waals surface area contributed by atoms with Crippen LogP contribution in [0.15, 0.2) is 42.5 Å². The zero-order chi connectivity index (χ0) is 17.5. The van der Waals surface area contributed by atoms with E-state index in [9.17, 15) is 9.59 Å². The molecule has 126 valence electrons. The van der Waals surface area contributed by atoms with Crippen LogP contribution in [0.3, 0.4) is 0 Å². The highest BCUT2D eigenvalue weighted by molar-refractivity contribution is 6.44. The second kappa shape index (κ2) is 7.87. The third kappa shape index (κ3) is 3.95. The number of carbonyl (C=O) groups excluding carboxylic acids is 2. The van der Waals surface area contributed by atoms with E-state index in [4.69, 9.17) is 14.2 Å². The maximum atomic E-state index is 12.1. The van der Waals surface area contributed by atoms with E-state index in [1.165, 1.54) is 21.3 Å². The topological polar surface area (TPSA) is 85.9 Å². The van der Waals surface area contributed by atoms with Crippen molar-refractivity contribution in [3.05, 3.63) is 42.5 Å². The maximum absolute atomic E-state index is 12.1. The first-order valence-corrected chi connectivity index (χ1v) is 7.06. The molecular formula is C17H18N2O5. The quantitative estimate of drug-likeness (QED) is 0.822. The van der Waals surface area contributed by atoms with Crippen molar-refractivity contribution < 1.29 is 23.8 Å². The summed E-state index contributed by atoms with van der Waals surface area (Å²) in [5.74, 6) is -0.278. The lowest BCUT2D eigenvalue weighted by atomic mass is 10.2. The number of para-hydroxylation sites is 2. The summed E-state index contributed by atoms with van der Waals surface area (Å²) in [4.78, 5) is 24.2. The molecule has 0 aliphatic rings. The molecule has 0 heterocycles. The molecule has 0 saturated carbocycles. The average molecular weight is 330 g/mol. The molecule has 2 N–H and O–H groups in total. The molecule has 0 atom stereocenters. The van der Waals surface area contributed by atoms with E-state index < -0.39 is 11.8 Å². The fourth-order valence-electron chi connectivity index (χ4n) is 2.02. The molecule has 2 aromatic carbocycles. The molecule has 7 heteroatoms. The van der Waals surface area contributed by atoms with Gasteiger partial charge in [-0.25, -0.2) is 0 Å². The van der Waals surface area contributed by atoms with Crippen LogP contribution in [0.2, 0.25) is 0 Å². The Kier molecular flexibility index (Phi) is 5.62. The van der Waals surface area contributed by atoms with E-state index in [1.54, 1.807) is 42.5 Å². The normalized spacial score (nSPS) is 9.79. The first kappa shape index (κ1) is 17.1. The Bertz CT molecular complexity index is 746. The number of amides is 2. The molecule has 0 aliphatic heterocycles. The molecule has 0 radical (unpaired) electrons. The van der Waals surface area contributed by atoms with Crippen molar-refractivity contribution >= 4 is 23.2 Å². The molecule has 0 spiro atoms. The number of nitrogens with one attached hydrogen (secondary N) is 2. The van der Waals surface area contributed by atoms with Gasteiger partial charge in [0.25, 0.3) is 0 Å². The third-order valence-corrected chi connectivity index (χ3v) is 3.22. The van der Waals surface area contributed by atoms with Crippen LogP contribution in [-0.4, -0.2) is 33.1 Å². The van der Waals surface area contributed by atoms with Gasteiger partial charge in [0.15, 0.2) is 0 Å². The first-order chi connectivity index (χ1) is 11.6. The average Bonchev–Trinajstić information content (AvgIpc) is 2.61. The predicted molar refractivity (Wildman–Crippen MR) is 89.8 cm³/mol. The van der Waals surface area contributed by atoms with E-state index in [1.807, 2.05) is 0 Å². The Balaban J connectivity index is 2.13. The molecule has 0 bridgehead atoms. The minimum atomic E-state index is -0.840. The Hall–Kier alpha value is -3.22. The van der Waals surface area contributed by atoms with E-state index in [0.717, 1.165) is 0 Å². The van der Waals surface area contributed by atoms with Crippen LogP contribution >= 0.6 is 0 Å². The molecule has 0 unspecified atom stereocenters. The van der Waals surface area contributed by atoms with Crippen molar-refractivity contribution in [3.63, 3.8) is 0 Å². The highest BCUT2D eigenvalue weighted by atomic mass is 16.5. The van der Waals surface area contributed by atoms with Crippen molar-refractivity contribution in [2.75, 3.05) is 32.0 Å². The molecule has 7 nitrogen and oxygen atoms in total. The number of methoxy groups -OCH3 is 3. The van der Waals surface area contributed by atoms with Gasteiger partial charge in [0.1, 0.15) is 17.2 Å². The summed E-state index contributed by atoms with van der Waals surface area (Å²) < 4.78 is 15.4. The van der Waals surface area contributed by atoms with Gasteiger partial charge in [-0.3, -0.25) is 9.59 Å². The maximum Gasteiger partial charge on any atom is 0.314 e. The van der Waals surface area contributed by atoms with Gasteiger partial charge in [0, 0.05) is 6.07 Å². The minimum absolute atomic E-state index is 0.331. The number of anilines is 2. The smallest absolute Gasteiger partial charge is 0.314 e. The fourth-order valence-corrected chi connectivity index (χ4v) is 2.02. The zero-order valence-electron chi connectivity index (χ0n) is 13.6. The van der Waals surface area contributed by atoms with Gasteiger partial charge < -0.3 is 24.8 Å². The van der Waals surface area contributed by atoms with Crippen LogP contribution in [0.25, 0.3) is 0 Å². The first-order valence-electron chi connectivity index (χ1n) is 7.06. The molecule has 0 aromatic heterocycles. The summed E-state index contributed by atoms with van der Waals surface area (Å²) in [6, 6.07) is 11.7. The number of ether oxygens (including phenoxy) is 3. The zero-order valence-corrected chi connectivity index (χ0v) is 13.6. The molecule has 24 heavy (non-hydrogen) atoms. The Morgan fingerprint density at radius 1 is 0.750 bits per heavy atom. The van der Waals surface area contributed by atoms with Gasteiger partial charge in [0.05, 0.1) is 32.7 Å². The highest BCUT2D eigenvalue weighted by Gasteiger charge is 2.18. The molecule has 0 aliphatic carbocycles. The van der Waals surface area contributed by atoms with Crippen LogP contribution in [0.4, 0.5) is 11.4 Å². The van der Waals surface area contributed by atoms with Gasteiger partial charge in [0.2, 0.25) is 0 Å². The standard InChI is InChI=1S/C17H18N2O5/c1-22-11-8-9-15(24-3)13(10-11)19-17(21)16(20)18-12-6-4-5-7-14(12)23-2/h4-10H,1-3H3,(H,18,20)(H,19,21). The summed E-state index contributed by atoms with van der Waals surface area (Å²) in [5, 5.41) is 5.00. The molecule has 0 saturated heterocycles. The Labute approximate surface area is 139 Å². The fraction of sp³-hybridized carbons (Fsp3) is 0.176. The molecule has 2 amide bonds. The van der Waals surface area contributed by atoms with Gasteiger partial charge in [-0.05, 0) is 24.3 Å². The van der Waals surface area contributed by atoms with Crippen LogP contribution in [0, 0.1) is 0 Å². The van der Waals surface area contributed by atoms with Crippen molar-refractivity contribution in [2.24, 2.45) is 0 Å². The number of hydrogen-bond donors (Lipinski definition) is 2. The van der Waals surface area contributed by atoms with Crippen LogP contribution in [0.5, 0.6) is 17.2 Å². The SMILES string of the molecule is COc1ccc(OC)c(NC(=O)C(=O)Nc2ccccc2OC)c1. The number of hydrogen-bond acceptors (Lipinski definition) is 5. The predicted octanol–water partition coefficient (Wildman–Crippen LogP) is 2.29. The lowest BCUT2D eigenvalue weighted by molar-refractivity contribution is -0.133. The van der Waals surface area contributed by atoms with Crippen molar-refractivity contribution in [3.8, 4) is 17.2 Å². The summed E-state index contributed by atoms with van der Waals surface area (Å²) in [5.41, 5.74) is 0.731. The largest absolute Gasteiger partial charge is 0.497 e. The van der Waals surface area contributed by atoms with Gasteiger partial charge >= 0.3 is 11.8 Å². The van der Waals surface area contributed by atoms with Crippen LogP contribution < -0.4 is 24.8 Å². The monoisotopic (exact) mass is 330 g/mol. The van der Waals surface area contributed by atoms with Crippen molar-refractivity contribution in [1.29, 1.82) is 0 Å². The lowest BCUT2D eigenvalue weighted by Crippen LogP contribution is -2.29. The van der Waals surface area contributed by atoms with E-state index in [-0.39, 0.29) is 0 Å². The Morgan fingerprint density at radius 2 is 1.33 bits per heavy atom. The van der Waals surface area contributed by atoms with E-state index in [2.05, 4.69) is 10.6 Å². The molecular weight excluding hydrogens is 312 g/mol. The van der Waals surface area contributed by atoms with Gasteiger partial charge in [-0.1, -0.05) is 12.1 Å². The highest BCUT2D eigenvalue weighted by Crippen LogP contribution is 2.29. The van der Waals surface area contributed by atoms with Crippen molar-refractivity contribution in [2.45, 2.75) is 0 Å². The second-order valence-electron chi connectivity index (χ2n) is 4.67. The lowest BCUT2D eigenvalue weighted by Gasteiger charge is -2.12. The van der Waals surface area contributed by atoms with Gasteiger partial charge in [-0.15, -0.1) is 0 Å². The summed E-state index contributed by atoms with van der Waals surface area (Å²) in [6.45, 7) is 0. The second-order valence-corrected chi connectivity index (χ2v) is 4.67. The summed E-state index contributed by atoms with van der Waals surface area (Å²) >= 11 is 0. The minimum Gasteiger partial charge on any atom is -0.497 e. The van der Waals surface area contributed by atoms with Crippen LogP contribution in [-0.2, 0) is 9.59 Å². The number of carbonyl (C=O) groups is 2. The number of rotatable bonds is 5. The summed E-state index contributed by atoms with van der Waals surface area (Å²) in [7, 11) is 4.44. The summed E-state index contributed by atoms with van der Waals surface area (Å²) in [6.07, 6.45) is 0. The van der Waals surface area contributed by atoms with Crippen molar-refractivity contribution in [1.82, 2.24) is 0 Å². The van der Waals surface area contributed by atoms with Crippen LogP contribution in [0.1, 0.15) is 0 Å². The van der Waals surface area contributed by atoms with Gasteiger partial charge in [-0.2, -0.15) is 0 Å². The number of benzene rings is 2. The molecule has 2 aromatic rings. The Morgan fingerprint density at radius 3 is 1.96 bits per heavy atom.